The van der Waals surface area contributed by atoms with E-state index < -0.39 is 14.6 Å². The van der Waals surface area contributed by atoms with E-state index >= 15 is 0 Å². The summed E-state index contributed by atoms with van der Waals surface area (Å²) in [5, 5.41) is 6.24. The molecule has 2 N–H and O–H groups in total. The van der Waals surface area contributed by atoms with Crippen molar-refractivity contribution in [2.24, 2.45) is 10.9 Å². The van der Waals surface area contributed by atoms with Crippen LogP contribution in [0.4, 0.5) is 0 Å². The van der Waals surface area contributed by atoms with E-state index in [0.29, 0.717) is 18.4 Å². The Morgan fingerprint density at radius 1 is 1.14 bits per heavy atom. The van der Waals surface area contributed by atoms with Crippen LogP contribution in [0.25, 0.3) is 0 Å². The normalized spacial score (nSPS) is 13.0. The predicted octanol–water partition coefficient (Wildman–Crippen LogP) is 2.42. The second-order valence-electron chi connectivity index (χ2n) is 6.39. The van der Waals surface area contributed by atoms with E-state index in [2.05, 4.69) is 29.5 Å². The minimum atomic E-state index is -3.08. The summed E-state index contributed by atoms with van der Waals surface area (Å²) >= 11 is 0. The summed E-state index contributed by atoms with van der Waals surface area (Å²) in [4.78, 5) is 4.09. The fourth-order valence-electron chi connectivity index (χ4n) is 1.55. The molecule has 0 saturated carbocycles. The summed E-state index contributed by atoms with van der Waals surface area (Å²) in [6.07, 6.45) is 2.25. The molecule has 0 aromatic carbocycles. The summed E-state index contributed by atoms with van der Waals surface area (Å²) in [5.74, 6) is 1.48. The second-order valence-corrected chi connectivity index (χ2v) is 9.26. The van der Waals surface area contributed by atoms with Gasteiger partial charge in [0.2, 0.25) is 0 Å². The van der Waals surface area contributed by atoms with Gasteiger partial charge in [-0.2, -0.15) is 0 Å². The zero-order valence-electron chi connectivity index (χ0n) is 14.2. The van der Waals surface area contributed by atoms with Crippen LogP contribution in [0.15, 0.2) is 4.99 Å². The van der Waals surface area contributed by atoms with Gasteiger partial charge in [-0.1, -0.05) is 13.8 Å². The van der Waals surface area contributed by atoms with Gasteiger partial charge in [0.1, 0.15) is 0 Å². The molecule has 0 amide bonds. The van der Waals surface area contributed by atoms with Crippen LogP contribution in [-0.4, -0.2) is 45.0 Å². The van der Waals surface area contributed by atoms with Crippen LogP contribution >= 0.6 is 24.0 Å². The largest absolute Gasteiger partial charge is 0.356 e. The lowest BCUT2D eigenvalue weighted by atomic mass is 10.1. The minimum Gasteiger partial charge on any atom is -0.356 e. The summed E-state index contributed by atoms with van der Waals surface area (Å²) in [5.41, 5.74) is 0. The highest BCUT2D eigenvalue weighted by Crippen LogP contribution is 2.15. The number of halogens is 1. The van der Waals surface area contributed by atoms with E-state index in [0.717, 1.165) is 13.0 Å². The number of nitrogens with zero attached hydrogens (tertiary/aromatic N) is 1. The van der Waals surface area contributed by atoms with Gasteiger partial charge in [0, 0.05) is 20.1 Å². The van der Waals surface area contributed by atoms with Crippen molar-refractivity contribution < 1.29 is 8.42 Å². The van der Waals surface area contributed by atoms with E-state index in [1.807, 2.05) is 0 Å². The topological polar surface area (TPSA) is 70.6 Å². The lowest BCUT2D eigenvalue weighted by Gasteiger charge is -2.19. The highest BCUT2D eigenvalue weighted by atomic mass is 127. The number of nitrogens with one attached hydrogen (secondary N) is 2. The fourth-order valence-corrected chi connectivity index (χ4v) is 2.53. The molecule has 0 radical (unpaired) electrons. The maximum Gasteiger partial charge on any atom is 0.191 e. The maximum atomic E-state index is 12.0. The molecule has 0 saturated heterocycles. The first kappa shape index (κ1) is 23.2. The SMILES string of the molecule is CN=C(NCCCC(C)C)NCCS(=O)(=O)C(C)(C)C.I. The number of aliphatic imine (C=N–C) groups is 1. The summed E-state index contributed by atoms with van der Waals surface area (Å²) in [7, 11) is -1.39. The van der Waals surface area contributed by atoms with Gasteiger partial charge in [-0.15, -0.1) is 24.0 Å². The minimum absolute atomic E-state index is 0. The van der Waals surface area contributed by atoms with Crippen LogP contribution in [0.3, 0.4) is 0 Å². The maximum absolute atomic E-state index is 12.0. The Bertz CT molecular complexity index is 401. The van der Waals surface area contributed by atoms with Crippen LogP contribution in [0, 0.1) is 5.92 Å². The van der Waals surface area contributed by atoms with Crippen molar-refractivity contribution >= 4 is 39.8 Å². The van der Waals surface area contributed by atoms with Crippen LogP contribution in [0.5, 0.6) is 0 Å². The number of rotatable bonds is 7. The molecule has 0 aromatic rings. The quantitative estimate of drug-likeness (QED) is 0.280. The summed E-state index contributed by atoms with van der Waals surface area (Å²) < 4.78 is 23.2. The number of hydrogen-bond acceptors (Lipinski definition) is 3. The van der Waals surface area contributed by atoms with Crippen molar-refractivity contribution in [3.8, 4) is 0 Å². The van der Waals surface area contributed by atoms with E-state index in [4.69, 9.17) is 0 Å². The first-order chi connectivity index (χ1) is 9.10. The Balaban J connectivity index is 0. The molecular weight excluding hydrogens is 401 g/mol. The van der Waals surface area contributed by atoms with Crippen molar-refractivity contribution in [3.63, 3.8) is 0 Å². The first-order valence-electron chi connectivity index (χ1n) is 7.27. The molecule has 21 heavy (non-hydrogen) atoms. The molecule has 0 heterocycles. The Labute approximate surface area is 147 Å². The van der Waals surface area contributed by atoms with Crippen LogP contribution in [-0.2, 0) is 9.84 Å². The average molecular weight is 433 g/mol. The molecule has 0 aromatic heterocycles. The molecule has 0 aliphatic carbocycles. The molecule has 5 nitrogen and oxygen atoms in total. The molecule has 0 spiro atoms. The predicted molar refractivity (Wildman–Crippen MR) is 102 cm³/mol. The van der Waals surface area contributed by atoms with Crippen molar-refractivity contribution in [1.82, 2.24) is 10.6 Å². The second kappa shape index (κ2) is 10.6. The number of hydrogen-bond donors (Lipinski definition) is 2. The number of sulfone groups is 1. The smallest absolute Gasteiger partial charge is 0.191 e. The van der Waals surface area contributed by atoms with Gasteiger partial charge >= 0.3 is 0 Å². The zero-order chi connectivity index (χ0) is 15.8. The van der Waals surface area contributed by atoms with Gasteiger partial charge in [0.25, 0.3) is 0 Å². The first-order valence-corrected chi connectivity index (χ1v) is 8.92. The molecule has 7 heteroatoms. The monoisotopic (exact) mass is 433 g/mol. The van der Waals surface area contributed by atoms with Crippen molar-refractivity contribution in [2.75, 3.05) is 25.9 Å². The Kier molecular flexibility index (Phi) is 11.8. The average Bonchev–Trinajstić information content (AvgIpc) is 2.30. The Hall–Kier alpha value is -0.0500. The molecular formula is C14H32IN3O2S. The van der Waals surface area contributed by atoms with E-state index in [9.17, 15) is 8.42 Å². The molecule has 128 valence electrons. The molecule has 0 aliphatic heterocycles. The van der Waals surface area contributed by atoms with Gasteiger partial charge < -0.3 is 10.6 Å². The van der Waals surface area contributed by atoms with Gasteiger partial charge in [-0.05, 0) is 39.5 Å². The van der Waals surface area contributed by atoms with Crippen molar-refractivity contribution in [1.29, 1.82) is 0 Å². The zero-order valence-corrected chi connectivity index (χ0v) is 17.3. The Morgan fingerprint density at radius 2 is 1.67 bits per heavy atom. The third kappa shape index (κ3) is 10.3. The van der Waals surface area contributed by atoms with Gasteiger partial charge in [-0.25, -0.2) is 8.42 Å². The molecule has 0 bridgehead atoms. The van der Waals surface area contributed by atoms with Crippen molar-refractivity contribution in [2.45, 2.75) is 52.2 Å². The standard InChI is InChI=1S/C14H31N3O2S.HI/c1-12(2)8-7-9-16-13(15-6)17-10-11-20(18,19)14(3,4)5;/h12H,7-11H2,1-6H3,(H2,15,16,17);1H. The highest BCUT2D eigenvalue weighted by Gasteiger charge is 2.28. The van der Waals surface area contributed by atoms with Crippen LogP contribution < -0.4 is 10.6 Å². The van der Waals surface area contributed by atoms with E-state index in [1.165, 1.54) is 6.42 Å². The number of guanidine groups is 1. The lowest BCUT2D eigenvalue weighted by molar-refractivity contribution is 0.548. The fraction of sp³-hybridized carbons (Fsp3) is 0.929. The van der Waals surface area contributed by atoms with Gasteiger partial charge in [0.15, 0.2) is 15.8 Å². The lowest BCUT2D eigenvalue weighted by Crippen LogP contribution is -2.42. The summed E-state index contributed by atoms with van der Waals surface area (Å²) in [6, 6.07) is 0. The molecule has 0 aliphatic rings. The van der Waals surface area contributed by atoms with Crippen LogP contribution in [0.2, 0.25) is 0 Å². The highest BCUT2D eigenvalue weighted by molar-refractivity contribution is 14.0. The van der Waals surface area contributed by atoms with E-state index in [-0.39, 0.29) is 29.7 Å². The van der Waals surface area contributed by atoms with Crippen molar-refractivity contribution in [3.05, 3.63) is 0 Å². The summed E-state index contributed by atoms with van der Waals surface area (Å²) in [6.45, 7) is 10.8. The van der Waals surface area contributed by atoms with Gasteiger partial charge in [-0.3, -0.25) is 4.99 Å². The molecule has 0 rings (SSSR count). The Morgan fingerprint density at radius 3 is 2.10 bits per heavy atom. The van der Waals surface area contributed by atoms with Gasteiger partial charge in [0.05, 0.1) is 10.5 Å². The molecule has 0 fully saturated rings. The van der Waals surface area contributed by atoms with E-state index in [1.54, 1.807) is 27.8 Å². The third-order valence-electron chi connectivity index (χ3n) is 3.07. The molecule has 0 unspecified atom stereocenters. The van der Waals surface area contributed by atoms with Crippen LogP contribution in [0.1, 0.15) is 47.5 Å². The molecule has 0 atom stereocenters. The third-order valence-corrected chi connectivity index (χ3v) is 5.68.